The zero-order valence-electron chi connectivity index (χ0n) is 9.83. The Morgan fingerprint density at radius 2 is 1.65 bits per heavy atom. The standard InChI is InChI=1S/C15H13BrO/c1-10-9-14(16)11(2)8-13(10)15(17)12-6-4-3-5-7-12/h3-9H,1-2H3. The van der Waals surface area contributed by atoms with E-state index in [2.05, 4.69) is 15.9 Å². The first-order chi connectivity index (χ1) is 8.09. The summed E-state index contributed by atoms with van der Waals surface area (Å²) in [6.45, 7) is 3.95. The molecule has 0 bridgehead atoms. The summed E-state index contributed by atoms with van der Waals surface area (Å²) in [5.74, 6) is 0.0821. The average molecular weight is 289 g/mol. The van der Waals surface area contributed by atoms with E-state index >= 15 is 0 Å². The van der Waals surface area contributed by atoms with E-state index in [0.717, 1.165) is 26.7 Å². The van der Waals surface area contributed by atoms with Crippen LogP contribution in [0.4, 0.5) is 0 Å². The number of hydrogen-bond donors (Lipinski definition) is 0. The molecule has 0 aliphatic rings. The van der Waals surface area contributed by atoms with Crippen LogP contribution in [0.1, 0.15) is 27.0 Å². The highest BCUT2D eigenvalue weighted by Crippen LogP contribution is 2.23. The number of halogens is 1. The van der Waals surface area contributed by atoms with Crippen molar-refractivity contribution >= 4 is 21.7 Å². The van der Waals surface area contributed by atoms with E-state index in [-0.39, 0.29) is 5.78 Å². The molecule has 86 valence electrons. The van der Waals surface area contributed by atoms with E-state index in [4.69, 9.17) is 0 Å². The molecule has 0 atom stereocenters. The van der Waals surface area contributed by atoms with Crippen LogP contribution in [0, 0.1) is 13.8 Å². The molecule has 0 N–H and O–H groups in total. The van der Waals surface area contributed by atoms with Gasteiger partial charge in [-0.3, -0.25) is 4.79 Å². The lowest BCUT2D eigenvalue weighted by molar-refractivity contribution is 0.103. The zero-order valence-corrected chi connectivity index (χ0v) is 11.4. The van der Waals surface area contributed by atoms with E-state index in [1.807, 2.05) is 56.3 Å². The Balaban J connectivity index is 2.48. The lowest BCUT2D eigenvalue weighted by atomic mass is 9.97. The summed E-state index contributed by atoms with van der Waals surface area (Å²) in [5, 5.41) is 0. The maximum absolute atomic E-state index is 12.3. The summed E-state index contributed by atoms with van der Waals surface area (Å²) in [4.78, 5) is 12.3. The second-order valence-corrected chi connectivity index (χ2v) is 4.97. The van der Waals surface area contributed by atoms with Crippen molar-refractivity contribution in [2.45, 2.75) is 13.8 Å². The van der Waals surface area contributed by atoms with Crippen LogP contribution < -0.4 is 0 Å². The van der Waals surface area contributed by atoms with E-state index < -0.39 is 0 Å². The summed E-state index contributed by atoms with van der Waals surface area (Å²) < 4.78 is 1.04. The van der Waals surface area contributed by atoms with Crippen molar-refractivity contribution in [3.8, 4) is 0 Å². The Labute approximate surface area is 110 Å². The lowest BCUT2D eigenvalue weighted by Crippen LogP contribution is -2.04. The van der Waals surface area contributed by atoms with Crippen LogP contribution in [0.25, 0.3) is 0 Å². The molecule has 0 unspecified atom stereocenters. The third-order valence-corrected chi connectivity index (χ3v) is 3.64. The summed E-state index contributed by atoms with van der Waals surface area (Å²) in [6.07, 6.45) is 0. The average Bonchev–Trinajstić information content (AvgIpc) is 2.34. The first kappa shape index (κ1) is 12.1. The molecule has 0 aliphatic carbocycles. The number of carbonyl (C=O) groups is 1. The molecule has 0 spiro atoms. The van der Waals surface area contributed by atoms with E-state index in [0.29, 0.717) is 0 Å². The van der Waals surface area contributed by atoms with Crippen molar-refractivity contribution in [1.82, 2.24) is 0 Å². The van der Waals surface area contributed by atoms with Crippen LogP contribution >= 0.6 is 15.9 Å². The maximum Gasteiger partial charge on any atom is 0.193 e. The van der Waals surface area contributed by atoms with Gasteiger partial charge in [-0.1, -0.05) is 46.3 Å². The van der Waals surface area contributed by atoms with Crippen molar-refractivity contribution in [3.63, 3.8) is 0 Å². The number of benzene rings is 2. The zero-order chi connectivity index (χ0) is 12.4. The van der Waals surface area contributed by atoms with Gasteiger partial charge in [0, 0.05) is 15.6 Å². The number of ketones is 1. The summed E-state index contributed by atoms with van der Waals surface area (Å²) in [7, 11) is 0. The Morgan fingerprint density at radius 1 is 1.00 bits per heavy atom. The fourth-order valence-corrected chi connectivity index (χ4v) is 2.23. The molecule has 0 heterocycles. The van der Waals surface area contributed by atoms with Gasteiger partial charge in [0.15, 0.2) is 5.78 Å². The number of rotatable bonds is 2. The predicted octanol–water partition coefficient (Wildman–Crippen LogP) is 4.30. The predicted molar refractivity (Wildman–Crippen MR) is 73.5 cm³/mol. The molecular weight excluding hydrogens is 276 g/mol. The van der Waals surface area contributed by atoms with E-state index in [9.17, 15) is 4.79 Å². The van der Waals surface area contributed by atoms with Gasteiger partial charge >= 0.3 is 0 Å². The number of aryl methyl sites for hydroxylation is 2. The Kier molecular flexibility index (Phi) is 3.43. The van der Waals surface area contributed by atoms with Gasteiger partial charge in [0.1, 0.15) is 0 Å². The highest BCUT2D eigenvalue weighted by atomic mass is 79.9. The molecule has 0 aromatic heterocycles. The third kappa shape index (κ3) is 2.47. The van der Waals surface area contributed by atoms with Gasteiger partial charge in [-0.25, -0.2) is 0 Å². The first-order valence-corrected chi connectivity index (χ1v) is 6.25. The Morgan fingerprint density at radius 3 is 2.29 bits per heavy atom. The summed E-state index contributed by atoms with van der Waals surface area (Å²) in [6, 6.07) is 13.3. The van der Waals surface area contributed by atoms with Crippen LogP contribution in [-0.2, 0) is 0 Å². The van der Waals surface area contributed by atoms with Crippen LogP contribution in [0.3, 0.4) is 0 Å². The quantitative estimate of drug-likeness (QED) is 0.753. The van der Waals surface area contributed by atoms with Crippen LogP contribution in [0.2, 0.25) is 0 Å². The molecule has 2 rings (SSSR count). The van der Waals surface area contributed by atoms with Crippen molar-refractivity contribution in [2.75, 3.05) is 0 Å². The molecule has 17 heavy (non-hydrogen) atoms. The largest absolute Gasteiger partial charge is 0.289 e. The minimum absolute atomic E-state index is 0.0821. The molecular formula is C15H13BrO. The van der Waals surface area contributed by atoms with Gasteiger partial charge in [-0.15, -0.1) is 0 Å². The normalized spacial score (nSPS) is 10.3. The van der Waals surface area contributed by atoms with Crippen LogP contribution in [0.15, 0.2) is 46.9 Å². The van der Waals surface area contributed by atoms with Crippen molar-refractivity contribution in [1.29, 1.82) is 0 Å². The van der Waals surface area contributed by atoms with Crippen LogP contribution in [-0.4, -0.2) is 5.78 Å². The van der Waals surface area contributed by atoms with E-state index in [1.165, 1.54) is 0 Å². The second kappa shape index (κ2) is 4.84. The molecule has 0 saturated carbocycles. The highest BCUT2D eigenvalue weighted by molar-refractivity contribution is 9.10. The number of hydrogen-bond acceptors (Lipinski definition) is 1. The molecule has 0 radical (unpaired) electrons. The van der Waals surface area contributed by atoms with Gasteiger partial charge in [-0.05, 0) is 37.1 Å². The van der Waals surface area contributed by atoms with E-state index in [1.54, 1.807) is 0 Å². The first-order valence-electron chi connectivity index (χ1n) is 5.46. The topological polar surface area (TPSA) is 17.1 Å². The molecule has 1 nitrogen and oxygen atoms in total. The Bertz CT molecular complexity index is 559. The van der Waals surface area contributed by atoms with Gasteiger partial charge in [-0.2, -0.15) is 0 Å². The monoisotopic (exact) mass is 288 g/mol. The minimum atomic E-state index is 0.0821. The summed E-state index contributed by atoms with van der Waals surface area (Å²) in [5.41, 5.74) is 3.58. The SMILES string of the molecule is Cc1cc(C(=O)c2ccccc2)c(C)cc1Br. The molecule has 2 heteroatoms. The fourth-order valence-electron chi connectivity index (χ4n) is 1.77. The highest BCUT2D eigenvalue weighted by Gasteiger charge is 2.12. The third-order valence-electron chi connectivity index (χ3n) is 2.79. The van der Waals surface area contributed by atoms with Crippen LogP contribution in [0.5, 0.6) is 0 Å². The van der Waals surface area contributed by atoms with Gasteiger partial charge in [0.05, 0.1) is 0 Å². The van der Waals surface area contributed by atoms with Crippen molar-refractivity contribution in [2.24, 2.45) is 0 Å². The van der Waals surface area contributed by atoms with Crippen molar-refractivity contribution < 1.29 is 4.79 Å². The maximum atomic E-state index is 12.3. The van der Waals surface area contributed by atoms with Gasteiger partial charge < -0.3 is 0 Å². The molecule has 2 aromatic carbocycles. The summed E-state index contributed by atoms with van der Waals surface area (Å²) >= 11 is 3.47. The van der Waals surface area contributed by atoms with Gasteiger partial charge in [0.25, 0.3) is 0 Å². The number of carbonyl (C=O) groups excluding carboxylic acids is 1. The van der Waals surface area contributed by atoms with Crippen molar-refractivity contribution in [3.05, 3.63) is 69.2 Å². The van der Waals surface area contributed by atoms with Gasteiger partial charge in [0.2, 0.25) is 0 Å². The Hall–Kier alpha value is -1.41. The molecule has 0 saturated heterocycles. The molecule has 0 fully saturated rings. The smallest absolute Gasteiger partial charge is 0.193 e. The molecule has 0 amide bonds. The fraction of sp³-hybridized carbons (Fsp3) is 0.133. The molecule has 2 aromatic rings. The lowest BCUT2D eigenvalue weighted by Gasteiger charge is -2.08. The second-order valence-electron chi connectivity index (χ2n) is 4.11. The minimum Gasteiger partial charge on any atom is -0.289 e. The molecule has 0 aliphatic heterocycles.